The number of pyridine rings is 1. The Morgan fingerprint density at radius 3 is 2.11 bits per heavy atom. The highest BCUT2D eigenvalue weighted by atomic mass is 31.1. The monoisotopic (exact) mass is 381 g/mol. The molecule has 0 aliphatic rings. The summed E-state index contributed by atoms with van der Waals surface area (Å²) in [5.41, 5.74) is 4.81. The molecule has 2 heteroatoms. The van der Waals surface area contributed by atoms with E-state index in [1.165, 1.54) is 21.7 Å². The largest absolute Gasteiger partial charge is 0.252 e. The van der Waals surface area contributed by atoms with Crippen molar-refractivity contribution in [3.8, 4) is 11.3 Å². The number of aryl methyl sites for hydroxylation is 1. The van der Waals surface area contributed by atoms with Crippen LogP contribution in [0.5, 0.6) is 0 Å². The number of nitrogens with zero attached hydrogens (tertiary/aromatic N) is 1. The van der Waals surface area contributed by atoms with Crippen LogP contribution in [0.25, 0.3) is 11.3 Å². The van der Waals surface area contributed by atoms with Crippen LogP contribution in [0.3, 0.4) is 0 Å². The number of benzene rings is 3. The molecule has 0 N–H and O–H groups in total. The Morgan fingerprint density at radius 2 is 1.36 bits per heavy atom. The summed E-state index contributed by atoms with van der Waals surface area (Å²) in [6.07, 6.45) is 2.01. The summed E-state index contributed by atoms with van der Waals surface area (Å²) >= 11 is 0. The Bertz CT molecular complexity index is 1030. The minimum Gasteiger partial charge on any atom is -0.252 e. The molecule has 1 unspecified atom stereocenters. The van der Waals surface area contributed by atoms with Crippen LogP contribution in [0.1, 0.15) is 18.2 Å². The average molecular weight is 381 g/mol. The first kappa shape index (κ1) is 18.6. The minimum absolute atomic E-state index is 0.498. The Labute approximate surface area is 168 Å². The number of rotatable bonds is 6. The van der Waals surface area contributed by atoms with Crippen LogP contribution in [0.15, 0.2) is 103 Å². The topological polar surface area (TPSA) is 12.9 Å². The maximum Gasteiger partial charge on any atom is 0.0705 e. The van der Waals surface area contributed by atoms with Crippen molar-refractivity contribution in [1.82, 2.24) is 4.98 Å². The van der Waals surface area contributed by atoms with Gasteiger partial charge < -0.3 is 0 Å². The van der Waals surface area contributed by atoms with Gasteiger partial charge in [0.25, 0.3) is 0 Å². The molecule has 138 valence electrons. The van der Waals surface area contributed by atoms with Crippen LogP contribution in [-0.4, -0.2) is 4.98 Å². The molecule has 4 rings (SSSR count). The van der Waals surface area contributed by atoms with Gasteiger partial charge in [-0.3, -0.25) is 4.98 Å². The molecule has 1 nitrogen and oxygen atoms in total. The van der Waals surface area contributed by atoms with E-state index in [-0.39, 0.29) is 0 Å². The average Bonchev–Trinajstić information content (AvgIpc) is 2.79. The molecule has 0 aliphatic heterocycles. The molecule has 0 saturated heterocycles. The highest BCUT2D eigenvalue weighted by Crippen LogP contribution is 2.39. The fourth-order valence-electron chi connectivity index (χ4n) is 3.50. The summed E-state index contributed by atoms with van der Waals surface area (Å²) in [6, 6.07) is 36.6. The molecule has 0 aliphatic carbocycles. The van der Waals surface area contributed by atoms with Gasteiger partial charge in [0.1, 0.15) is 0 Å². The van der Waals surface area contributed by atoms with Gasteiger partial charge in [-0.05, 0) is 42.6 Å². The van der Waals surface area contributed by atoms with Crippen molar-refractivity contribution in [3.05, 3.63) is 114 Å². The van der Waals surface area contributed by atoms with Crippen molar-refractivity contribution in [3.63, 3.8) is 0 Å². The van der Waals surface area contributed by atoms with Gasteiger partial charge in [0, 0.05) is 17.4 Å². The smallest absolute Gasteiger partial charge is 0.0705 e. The molecule has 3 aromatic carbocycles. The highest BCUT2D eigenvalue weighted by molar-refractivity contribution is 7.72. The van der Waals surface area contributed by atoms with E-state index in [2.05, 4.69) is 104 Å². The van der Waals surface area contributed by atoms with E-state index in [1.54, 1.807) is 0 Å². The lowest BCUT2D eigenvalue weighted by atomic mass is 10.1. The second kappa shape index (κ2) is 8.95. The summed E-state index contributed by atoms with van der Waals surface area (Å²) < 4.78 is 0. The number of aromatic nitrogens is 1. The standard InChI is InChI=1S/C26H24NP/c1-2-21-12-9-10-19-26(21)28(24-16-7-4-8-17-24)20-23-15-11-18-25(27-23)22-13-5-3-6-14-22/h3-19H,2,20H2,1H3. The first-order chi connectivity index (χ1) is 13.8. The van der Waals surface area contributed by atoms with Gasteiger partial charge in [0.2, 0.25) is 0 Å². The fraction of sp³-hybridized carbons (Fsp3) is 0.115. The van der Waals surface area contributed by atoms with Crippen LogP contribution < -0.4 is 10.6 Å². The molecule has 0 amide bonds. The maximum absolute atomic E-state index is 5.01. The zero-order chi connectivity index (χ0) is 19.2. The first-order valence-corrected chi connectivity index (χ1v) is 11.3. The van der Waals surface area contributed by atoms with Crippen molar-refractivity contribution in [2.45, 2.75) is 19.5 Å². The molecule has 1 heterocycles. The van der Waals surface area contributed by atoms with E-state index in [0.29, 0.717) is 0 Å². The normalized spacial score (nSPS) is 11.9. The summed E-state index contributed by atoms with van der Waals surface area (Å²) in [5, 5.41) is 2.88. The molecule has 1 aromatic heterocycles. The summed E-state index contributed by atoms with van der Waals surface area (Å²) in [4.78, 5) is 5.01. The SMILES string of the molecule is CCc1ccccc1P(Cc1cccc(-c2ccccc2)n1)c1ccccc1. The summed E-state index contributed by atoms with van der Waals surface area (Å²) in [6.45, 7) is 2.24. The lowest BCUT2D eigenvalue weighted by Gasteiger charge is -2.21. The van der Waals surface area contributed by atoms with Crippen molar-refractivity contribution >= 4 is 18.5 Å². The van der Waals surface area contributed by atoms with Crippen LogP contribution in [-0.2, 0) is 12.6 Å². The fourth-order valence-corrected chi connectivity index (χ4v) is 6.00. The van der Waals surface area contributed by atoms with Crippen LogP contribution in [0, 0.1) is 0 Å². The quantitative estimate of drug-likeness (QED) is 0.377. The predicted octanol–water partition coefficient (Wildman–Crippen LogP) is 5.94. The zero-order valence-corrected chi connectivity index (χ0v) is 17.0. The third-order valence-electron chi connectivity index (χ3n) is 4.93. The number of hydrogen-bond donors (Lipinski definition) is 0. The first-order valence-electron chi connectivity index (χ1n) is 9.77. The van der Waals surface area contributed by atoms with Crippen LogP contribution in [0.4, 0.5) is 0 Å². The molecule has 0 spiro atoms. The summed E-state index contributed by atoms with van der Waals surface area (Å²) in [5.74, 6) is 0. The van der Waals surface area contributed by atoms with Crippen molar-refractivity contribution in [2.75, 3.05) is 0 Å². The lowest BCUT2D eigenvalue weighted by molar-refractivity contribution is 1.15. The van der Waals surface area contributed by atoms with Crippen molar-refractivity contribution in [2.24, 2.45) is 0 Å². The van der Waals surface area contributed by atoms with E-state index in [9.17, 15) is 0 Å². The van der Waals surface area contributed by atoms with Gasteiger partial charge in [0.05, 0.1) is 5.69 Å². The van der Waals surface area contributed by atoms with E-state index in [1.807, 2.05) is 6.07 Å². The van der Waals surface area contributed by atoms with Gasteiger partial charge in [-0.15, -0.1) is 0 Å². The minimum atomic E-state index is -0.498. The molecular weight excluding hydrogens is 357 g/mol. The van der Waals surface area contributed by atoms with E-state index < -0.39 is 7.92 Å². The van der Waals surface area contributed by atoms with Gasteiger partial charge in [0.15, 0.2) is 0 Å². The Morgan fingerprint density at radius 1 is 0.679 bits per heavy atom. The molecule has 0 bridgehead atoms. The molecule has 4 aromatic rings. The van der Waals surface area contributed by atoms with E-state index in [4.69, 9.17) is 4.98 Å². The van der Waals surface area contributed by atoms with Crippen LogP contribution in [0.2, 0.25) is 0 Å². The van der Waals surface area contributed by atoms with Crippen molar-refractivity contribution < 1.29 is 0 Å². The summed E-state index contributed by atoms with van der Waals surface area (Å²) in [7, 11) is -0.498. The maximum atomic E-state index is 5.01. The Hall–Kier alpha value is -2.76. The van der Waals surface area contributed by atoms with E-state index >= 15 is 0 Å². The van der Waals surface area contributed by atoms with Gasteiger partial charge in [-0.25, -0.2) is 0 Å². The van der Waals surface area contributed by atoms with Gasteiger partial charge in [-0.1, -0.05) is 97.9 Å². The van der Waals surface area contributed by atoms with Crippen LogP contribution >= 0.6 is 7.92 Å². The molecular formula is C26H24NP. The molecule has 0 fully saturated rings. The third kappa shape index (κ3) is 4.21. The molecule has 28 heavy (non-hydrogen) atoms. The predicted molar refractivity (Wildman–Crippen MR) is 122 cm³/mol. The molecule has 0 radical (unpaired) electrons. The Kier molecular flexibility index (Phi) is 5.95. The Balaban J connectivity index is 1.73. The highest BCUT2D eigenvalue weighted by Gasteiger charge is 2.18. The lowest BCUT2D eigenvalue weighted by Crippen LogP contribution is -2.17. The number of hydrogen-bond acceptors (Lipinski definition) is 1. The second-order valence-electron chi connectivity index (χ2n) is 6.78. The second-order valence-corrected chi connectivity index (χ2v) is 8.95. The zero-order valence-electron chi connectivity index (χ0n) is 16.1. The molecule has 0 saturated carbocycles. The van der Waals surface area contributed by atoms with Gasteiger partial charge in [-0.2, -0.15) is 0 Å². The van der Waals surface area contributed by atoms with E-state index in [0.717, 1.165) is 24.0 Å². The third-order valence-corrected chi connectivity index (χ3v) is 7.51. The molecule has 1 atom stereocenters. The van der Waals surface area contributed by atoms with Gasteiger partial charge >= 0.3 is 0 Å². The van der Waals surface area contributed by atoms with Crippen molar-refractivity contribution in [1.29, 1.82) is 0 Å².